The molecule has 2 aromatic rings. The predicted octanol–water partition coefficient (Wildman–Crippen LogP) is 2.56. The molecule has 1 fully saturated rings. The lowest BCUT2D eigenvalue weighted by atomic mass is 10.1. The number of hydrazine groups is 1. The van der Waals surface area contributed by atoms with Gasteiger partial charge in [0.25, 0.3) is 0 Å². The van der Waals surface area contributed by atoms with Crippen LogP contribution in [0.4, 0.5) is 23.3 Å². The SMILES string of the molecule is CCCNP(OCC1CC(C)C(N2CNc3c(N(C)NS(C)=O)nc(N)nc32)O1)Oc1ccccc1. The number of nitrogens with one attached hydrogen (secondary N) is 3. The van der Waals surface area contributed by atoms with Gasteiger partial charge in [0.1, 0.15) is 28.7 Å². The molecule has 0 radical (unpaired) electrons. The second-order valence-corrected chi connectivity index (χ2v) is 11.1. The van der Waals surface area contributed by atoms with Crippen LogP contribution in [0, 0.1) is 5.92 Å². The van der Waals surface area contributed by atoms with E-state index in [4.69, 9.17) is 19.5 Å². The van der Waals surface area contributed by atoms with Gasteiger partial charge in [-0.25, -0.2) is 9.30 Å². The minimum Gasteiger partial charge on any atom is -0.436 e. The normalized spacial score (nSPS) is 22.7. The van der Waals surface area contributed by atoms with Crippen molar-refractivity contribution in [2.75, 3.05) is 54.1 Å². The Morgan fingerprint density at radius 3 is 2.86 bits per heavy atom. The first-order chi connectivity index (χ1) is 17.4. The van der Waals surface area contributed by atoms with E-state index in [1.807, 2.05) is 30.3 Å². The zero-order valence-corrected chi connectivity index (χ0v) is 22.7. The van der Waals surface area contributed by atoms with Gasteiger partial charge in [-0.3, -0.25) is 5.01 Å². The van der Waals surface area contributed by atoms with Crippen LogP contribution in [0.2, 0.25) is 0 Å². The number of nitrogens with zero attached hydrogens (tertiary/aromatic N) is 4. The molecule has 2 aliphatic heterocycles. The standard InChI is InChI=1S/C22H35N8O4PS/c1-5-11-25-35(34-16-9-7-6-8-10-16)32-13-17-12-15(2)21(33-17)30-14-24-18-19(29(3)28-36(4)31)26-22(23)27-20(18)30/h6-10,15,17,21,24-25,28H,5,11-14H2,1-4H3,(H2,23,26,27). The van der Waals surface area contributed by atoms with Crippen LogP contribution in [-0.2, 0) is 20.2 Å². The van der Waals surface area contributed by atoms with Gasteiger partial charge in [0, 0.05) is 25.8 Å². The van der Waals surface area contributed by atoms with Crippen LogP contribution in [0.1, 0.15) is 26.7 Å². The zero-order chi connectivity index (χ0) is 25.7. The summed E-state index contributed by atoms with van der Waals surface area (Å²) in [6, 6.07) is 9.67. The van der Waals surface area contributed by atoms with E-state index in [0.717, 1.165) is 25.1 Å². The zero-order valence-electron chi connectivity index (χ0n) is 21.0. The lowest BCUT2D eigenvalue weighted by Gasteiger charge is -2.28. The molecule has 0 saturated carbocycles. The van der Waals surface area contributed by atoms with Crippen molar-refractivity contribution >= 4 is 42.8 Å². The summed E-state index contributed by atoms with van der Waals surface area (Å²) in [6.45, 7) is 5.97. The molecule has 198 valence electrons. The molecule has 36 heavy (non-hydrogen) atoms. The predicted molar refractivity (Wildman–Crippen MR) is 144 cm³/mol. The molecule has 2 aliphatic rings. The Morgan fingerprint density at radius 1 is 1.36 bits per heavy atom. The molecule has 1 aromatic heterocycles. The summed E-state index contributed by atoms with van der Waals surface area (Å²) in [5.74, 6) is 2.31. The molecular weight excluding hydrogens is 503 g/mol. The summed E-state index contributed by atoms with van der Waals surface area (Å²) in [6.07, 6.45) is 3.06. The Labute approximate surface area is 215 Å². The van der Waals surface area contributed by atoms with E-state index < -0.39 is 19.5 Å². The lowest BCUT2D eigenvalue weighted by Crippen LogP contribution is -2.39. The number of hydrogen-bond donors (Lipinski definition) is 4. The molecule has 0 amide bonds. The fraction of sp³-hybridized carbons (Fsp3) is 0.545. The molecular formula is C22H35N8O4PS. The molecule has 3 heterocycles. The summed E-state index contributed by atoms with van der Waals surface area (Å²) in [4.78, 5) is 13.7. The van der Waals surface area contributed by atoms with Crippen molar-refractivity contribution < 1.29 is 18.0 Å². The van der Waals surface area contributed by atoms with E-state index in [1.54, 1.807) is 18.3 Å². The smallest absolute Gasteiger partial charge is 0.318 e. The van der Waals surface area contributed by atoms with E-state index >= 15 is 0 Å². The molecule has 0 aliphatic carbocycles. The quantitative estimate of drug-likeness (QED) is 0.234. The first kappa shape index (κ1) is 26.8. The minimum atomic E-state index is -1.29. The van der Waals surface area contributed by atoms with Gasteiger partial charge in [0.2, 0.25) is 5.95 Å². The lowest BCUT2D eigenvalue weighted by molar-refractivity contribution is 0.0117. The van der Waals surface area contributed by atoms with Gasteiger partial charge in [0.15, 0.2) is 11.6 Å². The third-order valence-electron chi connectivity index (χ3n) is 5.73. The molecule has 5 N–H and O–H groups in total. The molecule has 0 spiro atoms. The third kappa shape index (κ3) is 6.53. The first-order valence-electron chi connectivity index (χ1n) is 11.9. The number of fused-ring (bicyclic) bond motifs is 1. The topological polar surface area (TPSA) is 139 Å². The Bertz CT molecular complexity index is 1040. The maximum atomic E-state index is 11.6. The monoisotopic (exact) mass is 538 g/mol. The Morgan fingerprint density at radius 2 is 2.14 bits per heavy atom. The summed E-state index contributed by atoms with van der Waals surface area (Å²) >= 11 is 0. The van der Waals surface area contributed by atoms with E-state index in [9.17, 15) is 4.21 Å². The summed E-state index contributed by atoms with van der Waals surface area (Å²) in [5.41, 5.74) is 6.73. The molecule has 5 atom stereocenters. The molecule has 14 heteroatoms. The Balaban J connectivity index is 1.41. The molecule has 5 unspecified atom stereocenters. The number of anilines is 4. The van der Waals surface area contributed by atoms with Crippen molar-refractivity contribution in [3.05, 3.63) is 30.3 Å². The fourth-order valence-corrected chi connectivity index (χ4v) is 5.89. The molecule has 4 rings (SSSR count). The Kier molecular flexibility index (Phi) is 9.15. The number of nitrogens with two attached hydrogens (primary N) is 1. The molecule has 1 saturated heterocycles. The number of rotatable bonds is 12. The van der Waals surface area contributed by atoms with Crippen LogP contribution in [-0.4, -0.2) is 59.6 Å². The van der Waals surface area contributed by atoms with Crippen LogP contribution in [0.15, 0.2) is 30.3 Å². The number of benzene rings is 1. The average Bonchev–Trinajstić information content (AvgIpc) is 3.43. The Hall–Kier alpha value is -2.28. The summed E-state index contributed by atoms with van der Waals surface area (Å²) < 4.78 is 30.3. The van der Waals surface area contributed by atoms with Crippen molar-refractivity contribution in [1.29, 1.82) is 0 Å². The van der Waals surface area contributed by atoms with Gasteiger partial charge in [-0.05, 0) is 25.0 Å². The van der Waals surface area contributed by atoms with Gasteiger partial charge < -0.3 is 29.7 Å². The van der Waals surface area contributed by atoms with Crippen molar-refractivity contribution in [3.63, 3.8) is 0 Å². The van der Waals surface area contributed by atoms with Crippen LogP contribution in [0.3, 0.4) is 0 Å². The van der Waals surface area contributed by atoms with Crippen LogP contribution < -0.4 is 35.4 Å². The maximum Gasteiger partial charge on any atom is 0.318 e. The maximum absolute atomic E-state index is 11.6. The second-order valence-electron chi connectivity index (χ2n) is 8.74. The minimum absolute atomic E-state index is 0.0904. The first-order valence-corrected chi connectivity index (χ1v) is 14.7. The van der Waals surface area contributed by atoms with Crippen LogP contribution in [0.5, 0.6) is 5.75 Å². The van der Waals surface area contributed by atoms with E-state index in [2.05, 4.69) is 44.0 Å². The molecule has 0 bridgehead atoms. The third-order valence-corrected chi connectivity index (χ3v) is 7.50. The highest BCUT2D eigenvalue weighted by molar-refractivity contribution is 7.82. The number of hydrogen-bond acceptors (Lipinski definition) is 11. The highest BCUT2D eigenvalue weighted by Crippen LogP contribution is 2.42. The van der Waals surface area contributed by atoms with Gasteiger partial charge in [0.05, 0.1) is 19.4 Å². The number of aromatic nitrogens is 2. The van der Waals surface area contributed by atoms with E-state index in [-0.39, 0.29) is 24.2 Å². The van der Waals surface area contributed by atoms with E-state index in [1.165, 1.54) is 0 Å². The van der Waals surface area contributed by atoms with Crippen LogP contribution >= 0.6 is 8.53 Å². The van der Waals surface area contributed by atoms with Gasteiger partial charge in [-0.1, -0.05) is 32.0 Å². The van der Waals surface area contributed by atoms with Crippen LogP contribution in [0.25, 0.3) is 0 Å². The summed E-state index contributed by atoms with van der Waals surface area (Å²) in [7, 11) is -0.821. The average molecular weight is 539 g/mol. The summed E-state index contributed by atoms with van der Waals surface area (Å²) in [5, 5.41) is 8.27. The second kappa shape index (κ2) is 12.3. The largest absolute Gasteiger partial charge is 0.436 e. The number of ether oxygens (including phenoxy) is 1. The van der Waals surface area contributed by atoms with E-state index in [0.29, 0.717) is 30.6 Å². The van der Waals surface area contributed by atoms with Crippen molar-refractivity contribution in [1.82, 2.24) is 19.9 Å². The number of nitrogen functional groups attached to an aromatic ring is 1. The van der Waals surface area contributed by atoms with Crippen molar-refractivity contribution in [2.24, 2.45) is 5.92 Å². The fourth-order valence-electron chi connectivity index (χ4n) is 4.19. The number of para-hydroxylation sites is 1. The molecule has 1 aromatic carbocycles. The molecule has 12 nitrogen and oxygen atoms in total. The highest BCUT2D eigenvalue weighted by atomic mass is 32.2. The van der Waals surface area contributed by atoms with Crippen molar-refractivity contribution in [3.8, 4) is 5.75 Å². The van der Waals surface area contributed by atoms with Gasteiger partial charge in [-0.15, -0.1) is 4.83 Å². The van der Waals surface area contributed by atoms with Gasteiger partial charge in [-0.2, -0.15) is 9.97 Å². The highest BCUT2D eigenvalue weighted by Gasteiger charge is 2.41. The van der Waals surface area contributed by atoms with Gasteiger partial charge >= 0.3 is 8.53 Å². The van der Waals surface area contributed by atoms with Crippen molar-refractivity contribution in [2.45, 2.75) is 39.0 Å².